The number of carbonyl (C=O) groups excluding carboxylic acids is 1. The molecule has 1 aliphatic heterocycles. The van der Waals surface area contributed by atoms with Crippen molar-refractivity contribution < 1.29 is 9.18 Å². The highest BCUT2D eigenvalue weighted by molar-refractivity contribution is 5.90. The van der Waals surface area contributed by atoms with Crippen LogP contribution in [0.2, 0.25) is 0 Å². The van der Waals surface area contributed by atoms with Gasteiger partial charge < -0.3 is 10.2 Å². The molecular weight excluding hydrogens is 255 g/mol. The van der Waals surface area contributed by atoms with Crippen molar-refractivity contribution in [2.45, 2.75) is 12.5 Å². The molecule has 0 saturated carbocycles. The number of benzene rings is 2. The zero-order chi connectivity index (χ0) is 13.9. The maximum absolute atomic E-state index is 12.8. The number of anilines is 1. The normalized spacial score (nSPS) is 17.4. The van der Waals surface area contributed by atoms with Crippen LogP contribution in [0.15, 0.2) is 54.6 Å². The number of halogens is 1. The first kappa shape index (κ1) is 12.7. The van der Waals surface area contributed by atoms with Crippen LogP contribution in [0.25, 0.3) is 0 Å². The van der Waals surface area contributed by atoms with Gasteiger partial charge in [-0.1, -0.05) is 30.3 Å². The Hall–Kier alpha value is -2.36. The molecule has 1 aliphatic rings. The molecule has 3 nitrogen and oxygen atoms in total. The van der Waals surface area contributed by atoms with Gasteiger partial charge in [-0.3, -0.25) is 0 Å². The summed E-state index contributed by atoms with van der Waals surface area (Å²) in [6, 6.07) is 15.8. The second kappa shape index (κ2) is 5.33. The molecule has 1 N–H and O–H groups in total. The zero-order valence-corrected chi connectivity index (χ0v) is 10.9. The lowest BCUT2D eigenvalue weighted by molar-refractivity contribution is 0.126. The molecule has 1 atom stereocenters. The van der Waals surface area contributed by atoms with Crippen molar-refractivity contribution in [2.24, 2.45) is 0 Å². The highest BCUT2D eigenvalue weighted by Gasteiger charge is 2.33. The molecule has 20 heavy (non-hydrogen) atoms. The number of hydrogen-bond acceptors (Lipinski definition) is 1. The van der Waals surface area contributed by atoms with E-state index in [-0.39, 0.29) is 17.9 Å². The summed E-state index contributed by atoms with van der Waals surface area (Å²) in [6.45, 7) is 0.743. The van der Waals surface area contributed by atoms with Crippen LogP contribution in [-0.2, 0) is 0 Å². The van der Waals surface area contributed by atoms with Crippen LogP contribution in [0.4, 0.5) is 14.9 Å². The first-order chi connectivity index (χ1) is 9.74. The number of nitrogens with one attached hydrogen (secondary N) is 1. The second-order valence-corrected chi connectivity index (χ2v) is 4.85. The van der Waals surface area contributed by atoms with Crippen LogP contribution in [0.3, 0.4) is 0 Å². The fourth-order valence-corrected chi connectivity index (χ4v) is 2.38. The van der Waals surface area contributed by atoms with Gasteiger partial charge in [-0.25, -0.2) is 9.18 Å². The Morgan fingerprint density at radius 2 is 1.80 bits per heavy atom. The smallest absolute Gasteiger partial charge is 0.317 e. The van der Waals surface area contributed by atoms with E-state index in [4.69, 9.17) is 0 Å². The van der Waals surface area contributed by atoms with Crippen LogP contribution in [0.5, 0.6) is 0 Å². The van der Waals surface area contributed by atoms with E-state index in [0.717, 1.165) is 18.5 Å². The van der Waals surface area contributed by atoms with Crippen molar-refractivity contribution >= 4 is 11.7 Å². The Morgan fingerprint density at radius 1 is 1.10 bits per heavy atom. The largest absolute Gasteiger partial charge is 0.322 e. The molecule has 1 saturated heterocycles. The van der Waals surface area contributed by atoms with Crippen molar-refractivity contribution in [3.63, 3.8) is 0 Å². The summed E-state index contributed by atoms with van der Waals surface area (Å²) in [4.78, 5) is 14.0. The van der Waals surface area contributed by atoms with Gasteiger partial charge in [-0.05, 0) is 36.2 Å². The lowest BCUT2D eigenvalue weighted by Gasteiger charge is -2.41. The summed E-state index contributed by atoms with van der Waals surface area (Å²) >= 11 is 0. The van der Waals surface area contributed by atoms with E-state index in [9.17, 15) is 9.18 Å². The van der Waals surface area contributed by atoms with Crippen LogP contribution in [-0.4, -0.2) is 17.5 Å². The molecule has 1 fully saturated rings. The van der Waals surface area contributed by atoms with Gasteiger partial charge in [0.2, 0.25) is 0 Å². The minimum Gasteiger partial charge on any atom is -0.317 e. The maximum Gasteiger partial charge on any atom is 0.322 e. The minimum absolute atomic E-state index is 0.136. The van der Waals surface area contributed by atoms with E-state index in [2.05, 4.69) is 5.32 Å². The van der Waals surface area contributed by atoms with Crippen LogP contribution in [0, 0.1) is 5.82 Å². The number of nitrogens with zero attached hydrogens (tertiary/aromatic N) is 1. The molecule has 102 valence electrons. The van der Waals surface area contributed by atoms with E-state index in [1.165, 1.54) is 12.1 Å². The van der Waals surface area contributed by atoms with E-state index < -0.39 is 0 Å². The molecule has 4 heteroatoms. The monoisotopic (exact) mass is 270 g/mol. The van der Waals surface area contributed by atoms with Crippen LogP contribution < -0.4 is 5.32 Å². The van der Waals surface area contributed by atoms with Crippen molar-refractivity contribution in [3.05, 3.63) is 66.0 Å². The second-order valence-electron chi connectivity index (χ2n) is 4.85. The summed E-state index contributed by atoms with van der Waals surface area (Å²) in [6.07, 6.45) is 0.973. The molecule has 0 spiro atoms. The van der Waals surface area contributed by atoms with Gasteiger partial charge in [0.15, 0.2) is 0 Å². The molecule has 3 rings (SSSR count). The summed E-state index contributed by atoms with van der Waals surface area (Å²) < 4.78 is 12.8. The van der Waals surface area contributed by atoms with Gasteiger partial charge >= 0.3 is 6.03 Å². The third kappa shape index (κ3) is 2.50. The zero-order valence-electron chi connectivity index (χ0n) is 10.9. The lowest BCUT2D eigenvalue weighted by atomic mass is 9.95. The van der Waals surface area contributed by atoms with Gasteiger partial charge in [0.05, 0.1) is 6.04 Å². The number of amides is 2. The van der Waals surface area contributed by atoms with E-state index in [1.54, 1.807) is 17.0 Å². The molecule has 2 amide bonds. The first-order valence-corrected chi connectivity index (χ1v) is 6.62. The topological polar surface area (TPSA) is 32.3 Å². The van der Waals surface area contributed by atoms with Crippen LogP contribution >= 0.6 is 0 Å². The highest BCUT2D eigenvalue weighted by Crippen LogP contribution is 2.33. The molecular formula is C16H15FN2O. The van der Waals surface area contributed by atoms with Crippen LogP contribution in [0.1, 0.15) is 18.0 Å². The van der Waals surface area contributed by atoms with Gasteiger partial charge in [-0.15, -0.1) is 0 Å². The predicted molar refractivity (Wildman–Crippen MR) is 75.9 cm³/mol. The number of hydrogen-bond donors (Lipinski definition) is 1. The summed E-state index contributed by atoms with van der Waals surface area (Å²) in [5.41, 5.74) is 1.75. The van der Waals surface area contributed by atoms with E-state index in [1.807, 2.05) is 30.3 Å². The van der Waals surface area contributed by atoms with Crippen molar-refractivity contribution in [2.75, 3.05) is 11.9 Å². The molecule has 0 bridgehead atoms. The summed E-state index contributed by atoms with van der Waals surface area (Å²) in [5, 5.41) is 2.79. The van der Waals surface area contributed by atoms with Gasteiger partial charge in [0, 0.05) is 12.2 Å². The number of likely N-dealkylation sites (tertiary alicyclic amines) is 1. The molecule has 0 aromatic heterocycles. The summed E-state index contributed by atoms with van der Waals surface area (Å²) in [5.74, 6) is -0.311. The average molecular weight is 270 g/mol. The Bertz CT molecular complexity index is 598. The molecule has 0 radical (unpaired) electrons. The van der Waals surface area contributed by atoms with E-state index in [0.29, 0.717) is 5.69 Å². The number of urea groups is 1. The first-order valence-electron chi connectivity index (χ1n) is 6.62. The predicted octanol–water partition coefficient (Wildman–Crippen LogP) is 3.80. The Labute approximate surface area is 117 Å². The SMILES string of the molecule is O=C(Nc1ccc(F)cc1)N1CCC1c1ccccc1. The molecule has 1 heterocycles. The van der Waals surface area contributed by atoms with Crippen molar-refractivity contribution in [1.29, 1.82) is 0 Å². The Kier molecular flexibility index (Phi) is 3.37. The number of rotatable bonds is 2. The fraction of sp³-hybridized carbons (Fsp3) is 0.188. The van der Waals surface area contributed by atoms with E-state index >= 15 is 0 Å². The van der Waals surface area contributed by atoms with Gasteiger partial charge in [-0.2, -0.15) is 0 Å². The molecule has 0 aliphatic carbocycles. The quantitative estimate of drug-likeness (QED) is 0.884. The average Bonchev–Trinajstić information content (AvgIpc) is 2.41. The Morgan fingerprint density at radius 3 is 2.40 bits per heavy atom. The standard InChI is InChI=1S/C16H15FN2O/c17-13-6-8-14(9-7-13)18-16(20)19-11-10-15(19)12-4-2-1-3-5-12/h1-9,15H,10-11H2,(H,18,20). The molecule has 2 aromatic carbocycles. The Balaban J connectivity index is 1.67. The fourth-order valence-electron chi connectivity index (χ4n) is 2.38. The molecule has 2 aromatic rings. The van der Waals surface area contributed by atoms with Crippen molar-refractivity contribution in [3.8, 4) is 0 Å². The van der Waals surface area contributed by atoms with Crippen molar-refractivity contribution in [1.82, 2.24) is 4.90 Å². The third-order valence-corrected chi connectivity index (χ3v) is 3.56. The lowest BCUT2D eigenvalue weighted by Crippen LogP contribution is -2.47. The maximum atomic E-state index is 12.8. The third-order valence-electron chi connectivity index (χ3n) is 3.56. The summed E-state index contributed by atoms with van der Waals surface area (Å²) in [7, 11) is 0. The van der Waals surface area contributed by atoms with Gasteiger partial charge in [0.1, 0.15) is 5.82 Å². The minimum atomic E-state index is -0.311. The molecule has 1 unspecified atom stereocenters. The number of carbonyl (C=O) groups is 1. The van der Waals surface area contributed by atoms with Gasteiger partial charge in [0.25, 0.3) is 0 Å². The highest BCUT2D eigenvalue weighted by atomic mass is 19.1.